The Kier molecular flexibility index (Phi) is 3.22. The zero-order valence-corrected chi connectivity index (χ0v) is 8.34. The van der Waals surface area contributed by atoms with E-state index < -0.39 is 0 Å². The third-order valence-electron chi connectivity index (χ3n) is 1.72. The monoisotopic (exact) mass is 195 g/mol. The number of nitrogens with two attached hydrogens (primary N) is 2. The maximum atomic E-state index is 5.57. The van der Waals surface area contributed by atoms with Crippen molar-refractivity contribution in [2.45, 2.75) is 13.5 Å². The summed E-state index contributed by atoms with van der Waals surface area (Å²) in [4.78, 5) is 0. The second-order valence-corrected chi connectivity index (χ2v) is 3.37. The summed E-state index contributed by atoms with van der Waals surface area (Å²) >= 11 is 4.73. The SMILES string of the molecule is Cc1cccc(CN(N)C(N)=S)c1. The van der Waals surface area contributed by atoms with Gasteiger partial charge in [0.2, 0.25) is 0 Å². The van der Waals surface area contributed by atoms with Crippen LogP contribution >= 0.6 is 12.2 Å². The van der Waals surface area contributed by atoms with Gasteiger partial charge in [-0.1, -0.05) is 29.8 Å². The normalized spacial score (nSPS) is 9.69. The molecule has 1 aromatic carbocycles. The molecule has 0 bridgehead atoms. The summed E-state index contributed by atoms with van der Waals surface area (Å²) < 4.78 is 0. The van der Waals surface area contributed by atoms with Crippen molar-refractivity contribution in [3.8, 4) is 0 Å². The summed E-state index contributed by atoms with van der Waals surface area (Å²) in [6, 6.07) is 8.06. The Morgan fingerprint density at radius 3 is 2.77 bits per heavy atom. The Morgan fingerprint density at radius 2 is 2.23 bits per heavy atom. The van der Waals surface area contributed by atoms with Crippen LogP contribution in [0.3, 0.4) is 0 Å². The highest BCUT2D eigenvalue weighted by Crippen LogP contribution is 2.05. The molecular formula is C9H13N3S. The van der Waals surface area contributed by atoms with Gasteiger partial charge in [0.15, 0.2) is 5.11 Å². The summed E-state index contributed by atoms with van der Waals surface area (Å²) in [5, 5.41) is 1.56. The van der Waals surface area contributed by atoms with Gasteiger partial charge in [0.05, 0.1) is 6.54 Å². The van der Waals surface area contributed by atoms with Crippen LogP contribution in [0.4, 0.5) is 0 Å². The van der Waals surface area contributed by atoms with Crippen LogP contribution in [0.2, 0.25) is 0 Å². The van der Waals surface area contributed by atoms with Crippen molar-refractivity contribution in [3.05, 3.63) is 35.4 Å². The van der Waals surface area contributed by atoms with Crippen LogP contribution in [0, 0.1) is 6.92 Å². The minimum absolute atomic E-state index is 0.210. The number of hydrogen-bond acceptors (Lipinski definition) is 2. The van der Waals surface area contributed by atoms with E-state index in [1.54, 1.807) is 0 Å². The van der Waals surface area contributed by atoms with Gasteiger partial charge in [0.1, 0.15) is 0 Å². The number of aryl methyl sites for hydroxylation is 1. The number of hydrazine groups is 1. The van der Waals surface area contributed by atoms with Gasteiger partial charge in [0.25, 0.3) is 0 Å². The molecule has 13 heavy (non-hydrogen) atoms. The average molecular weight is 195 g/mol. The molecule has 0 saturated carbocycles. The predicted octanol–water partition coefficient (Wildman–Crippen LogP) is 0.914. The highest BCUT2D eigenvalue weighted by Gasteiger charge is 2.01. The first-order valence-electron chi connectivity index (χ1n) is 3.97. The fourth-order valence-corrected chi connectivity index (χ4v) is 1.15. The molecule has 0 aromatic heterocycles. The summed E-state index contributed by atoms with van der Waals surface area (Å²) in [6.45, 7) is 2.59. The van der Waals surface area contributed by atoms with Crippen LogP contribution in [0.15, 0.2) is 24.3 Å². The lowest BCUT2D eigenvalue weighted by Gasteiger charge is -2.16. The molecular weight excluding hydrogens is 182 g/mol. The maximum absolute atomic E-state index is 5.57. The van der Waals surface area contributed by atoms with Gasteiger partial charge in [-0.25, -0.2) is 5.84 Å². The van der Waals surface area contributed by atoms with Gasteiger partial charge in [-0.2, -0.15) is 0 Å². The van der Waals surface area contributed by atoms with E-state index in [1.807, 2.05) is 25.1 Å². The van der Waals surface area contributed by atoms with E-state index in [1.165, 1.54) is 10.6 Å². The van der Waals surface area contributed by atoms with E-state index in [2.05, 4.69) is 6.07 Å². The van der Waals surface area contributed by atoms with Gasteiger partial charge < -0.3 is 5.73 Å². The van der Waals surface area contributed by atoms with Gasteiger partial charge in [-0.05, 0) is 24.7 Å². The smallest absolute Gasteiger partial charge is 0.180 e. The molecule has 0 aliphatic rings. The lowest BCUT2D eigenvalue weighted by molar-refractivity contribution is 0.437. The lowest BCUT2D eigenvalue weighted by Crippen LogP contribution is -2.40. The first-order chi connectivity index (χ1) is 6.09. The van der Waals surface area contributed by atoms with E-state index in [-0.39, 0.29) is 5.11 Å². The van der Waals surface area contributed by atoms with Crippen molar-refractivity contribution in [2.75, 3.05) is 0 Å². The number of thiocarbonyl (C=S) groups is 1. The third kappa shape index (κ3) is 3.01. The van der Waals surface area contributed by atoms with Crippen molar-refractivity contribution in [3.63, 3.8) is 0 Å². The Labute approximate surface area is 83.3 Å². The van der Waals surface area contributed by atoms with Gasteiger partial charge in [-0.3, -0.25) is 5.01 Å². The fraction of sp³-hybridized carbons (Fsp3) is 0.222. The van der Waals surface area contributed by atoms with Crippen LogP contribution in [-0.4, -0.2) is 10.1 Å². The first-order valence-corrected chi connectivity index (χ1v) is 4.37. The molecule has 0 saturated heterocycles. The number of hydrogen-bond donors (Lipinski definition) is 2. The van der Waals surface area contributed by atoms with E-state index in [9.17, 15) is 0 Å². The Bertz CT molecular complexity index is 311. The second kappa shape index (κ2) is 4.20. The van der Waals surface area contributed by atoms with Crippen molar-refractivity contribution >= 4 is 17.3 Å². The summed E-state index contributed by atoms with van der Waals surface area (Å²) in [6.07, 6.45) is 0. The molecule has 0 radical (unpaired) electrons. The number of nitrogens with zero attached hydrogens (tertiary/aromatic N) is 1. The van der Waals surface area contributed by atoms with Crippen LogP contribution in [0.25, 0.3) is 0 Å². The molecule has 0 fully saturated rings. The Morgan fingerprint density at radius 1 is 1.54 bits per heavy atom. The highest BCUT2D eigenvalue weighted by molar-refractivity contribution is 7.80. The largest absolute Gasteiger partial charge is 0.375 e. The van der Waals surface area contributed by atoms with Crippen LogP contribution < -0.4 is 11.6 Å². The van der Waals surface area contributed by atoms with Crippen molar-refractivity contribution in [1.29, 1.82) is 0 Å². The highest BCUT2D eigenvalue weighted by atomic mass is 32.1. The van der Waals surface area contributed by atoms with Crippen LogP contribution in [0.5, 0.6) is 0 Å². The summed E-state index contributed by atoms with van der Waals surface area (Å²) in [5.41, 5.74) is 7.66. The van der Waals surface area contributed by atoms with Crippen LogP contribution in [0.1, 0.15) is 11.1 Å². The third-order valence-corrected chi connectivity index (χ3v) is 1.95. The molecule has 0 heterocycles. The van der Waals surface area contributed by atoms with Crippen LogP contribution in [-0.2, 0) is 6.54 Å². The molecule has 1 rings (SSSR count). The second-order valence-electron chi connectivity index (χ2n) is 2.96. The van der Waals surface area contributed by atoms with Crippen molar-refractivity contribution < 1.29 is 0 Å². The Balaban J connectivity index is 2.69. The van der Waals surface area contributed by atoms with E-state index in [4.69, 9.17) is 23.8 Å². The predicted molar refractivity (Wildman–Crippen MR) is 57.7 cm³/mol. The van der Waals surface area contributed by atoms with Gasteiger partial charge >= 0.3 is 0 Å². The minimum Gasteiger partial charge on any atom is -0.375 e. The average Bonchev–Trinajstić information content (AvgIpc) is 2.04. The zero-order valence-electron chi connectivity index (χ0n) is 7.53. The molecule has 0 amide bonds. The number of benzene rings is 1. The summed E-state index contributed by atoms with van der Waals surface area (Å²) in [7, 11) is 0. The fourth-order valence-electron chi connectivity index (χ4n) is 1.09. The molecule has 0 aliphatic heterocycles. The first kappa shape index (κ1) is 9.95. The molecule has 4 heteroatoms. The topological polar surface area (TPSA) is 55.3 Å². The lowest BCUT2D eigenvalue weighted by atomic mass is 10.1. The standard InChI is InChI=1S/C9H13N3S/c1-7-3-2-4-8(5-7)6-12(11)9(10)13/h2-5H,6,11H2,1H3,(H2,10,13). The van der Waals surface area contributed by atoms with Crippen molar-refractivity contribution in [2.24, 2.45) is 11.6 Å². The molecule has 0 atom stereocenters. The molecule has 0 aliphatic carbocycles. The van der Waals surface area contributed by atoms with E-state index >= 15 is 0 Å². The van der Waals surface area contributed by atoms with E-state index in [0.29, 0.717) is 6.54 Å². The molecule has 4 N–H and O–H groups in total. The molecule has 3 nitrogen and oxygen atoms in total. The molecule has 1 aromatic rings. The van der Waals surface area contributed by atoms with Gasteiger partial charge in [0, 0.05) is 0 Å². The quantitative estimate of drug-likeness (QED) is 0.418. The van der Waals surface area contributed by atoms with Crippen molar-refractivity contribution in [1.82, 2.24) is 5.01 Å². The maximum Gasteiger partial charge on any atom is 0.180 e. The molecule has 0 unspecified atom stereocenters. The molecule has 70 valence electrons. The minimum atomic E-state index is 0.210. The Hall–Kier alpha value is -1.13. The van der Waals surface area contributed by atoms with Gasteiger partial charge in [-0.15, -0.1) is 0 Å². The summed E-state index contributed by atoms with van der Waals surface area (Å²) in [5.74, 6) is 5.57. The zero-order chi connectivity index (χ0) is 9.84. The number of rotatable bonds is 2. The van der Waals surface area contributed by atoms with E-state index in [0.717, 1.165) is 5.56 Å². The molecule has 0 spiro atoms.